The van der Waals surface area contributed by atoms with E-state index in [1.165, 1.54) is 18.4 Å². The molecule has 0 radical (unpaired) electrons. The summed E-state index contributed by atoms with van der Waals surface area (Å²) in [6.07, 6.45) is 4.47. The number of aryl methyl sites for hydroxylation is 1. The smallest absolute Gasteiger partial charge is 0.303 e. The first kappa shape index (κ1) is 15.3. The summed E-state index contributed by atoms with van der Waals surface area (Å²) in [5.41, 5.74) is 2.30. The van der Waals surface area contributed by atoms with Crippen LogP contribution in [-0.2, 0) is 11.3 Å². The van der Waals surface area contributed by atoms with E-state index in [1.54, 1.807) is 0 Å². The zero-order chi connectivity index (χ0) is 14.5. The largest absolute Gasteiger partial charge is 0.481 e. The number of piperidine rings is 1. The fourth-order valence-electron chi connectivity index (χ4n) is 2.88. The topological polar surface area (TPSA) is 40.5 Å². The summed E-state index contributed by atoms with van der Waals surface area (Å²) in [4.78, 5) is 13.2. The molecule has 0 aromatic heterocycles. The van der Waals surface area contributed by atoms with Crippen molar-refractivity contribution in [2.75, 3.05) is 6.54 Å². The average Bonchev–Trinajstić information content (AvgIpc) is 2.41. The van der Waals surface area contributed by atoms with Gasteiger partial charge < -0.3 is 5.11 Å². The molecule has 0 aliphatic carbocycles. The van der Waals surface area contributed by atoms with Crippen LogP contribution in [0.3, 0.4) is 0 Å². The number of benzene rings is 1. The first-order chi connectivity index (χ1) is 9.56. The minimum atomic E-state index is -0.705. The number of carbonyl (C=O) groups is 1. The molecule has 0 saturated carbocycles. The van der Waals surface area contributed by atoms with Crippen molar-refractivity contribution in [1.82, 2.24) is 4.90 Å². The molecule has 1 fully saturated rings. The van der Waals surface area contributed by atoms with Crippen molar-refractivity contribution in [3.8, 4) is 0 Å². The van der Waals surface area contributed by atoms with E-state index in [0.29, 0.717) is 6.04 Å². The van der Waals surface area contributed by atoms with E-state index in [4.69, 9.17) is 16.7 Å². The van der Waals surface area contributed by atoms with Gasteiger partial charge in [-0.3, -0.25) is 9.69 Å². The normalized spacial score (nSPS) is 20.0. The Bertz CT molecular complexity index is 476. The van der Waals surface area contributed by atoms with Crippen molar-refractivity contribution >= 4 is 17.6 Å². The third-order valence-corrected chi connectivity index (χ3v) is 4.37. The van der Waals surface area contributed by atoms with Crippen LogP contribution < -0.4 is 0 Å². The van der Waals surface area contributed by atoms with Gasteiger partial charge in [-0.2, -0.15) is 0 Å². The predicted molar refractivity (Wildman–Crippen MR) is 81.1 cm³/mol. The van der Waals surface area contributed by atoms with E-state index in [-0.39, 0.29) is 6.42 Å². The fraction of sp³-hybridized carbons (Fsp3) is 0.562. The van der Waals surface area contributed by atoms with Crippen molar-refractivity contribution in [1.29, 1.82) is 0 Å². The van der Waals surface area contributed by atoms with Crippen LogP contribution in [0.25, 0.3) is 0 Å². The molecule has 110 valence electrons. The summed E-state index contributed by atoms with van der Waals surface area (Å²) in [5, 5.41) is 9.67. The Morgan fingerprint density at radius 1 is 1.45 bits per heavy atom. The Balaban J connectivity index is 2.02. The molecule has 1 aliphatic rings. The first-order valence-electron chi connectivity index (χ1n) is 7.27. The number of rotatable bonds is 5. The molecule has 3 nitrogen and oxygen atoms in total. The van der Waals surface area contributed by atoms with E-state index in [2.05, 4.69) is 17.0 Å². The molecule has 20 heavy (non-hydrogen) atoms. The molecule has 0 spiro atoms. The van der Waals surface area contributed by atoms with Gasteiger partial charge in [0.25, 0.3) is 0 Å². The number of hydrogen-bond acceptors (Lipinski definition) is 2. The van der Waals surface area contributed by atoms with Gasteiger partial charge in [-0.15, -0.1) is 0 Å². The number of carboxylic acids is 1. The monoisotopic (exact) mass is 295 g/mol. The van der Waals surface area contributed by atoms with Gasteiger partial charge in [0.1, 0.15) is 0 Å². The van der Waals surface area contributed by atoms with Crippen molar-refractivity contribution in [2.24, 2.45) is 0 Å². The standard InChI is InChI=1S/C16H22ClNO2/c1-12-5-6-13(15(17)10-12)11-18-9-3-2-4-14(18)7-8-16(19)20/h5-6,10,14H,2-4,7-9,11H2,1H3,(H,19,20). The second kappa shape index (κ2) is 7.09. The van der Waals surface area contributed by atoms with Gasteiger partial charge in [0.15, 0.2) is 0 Å². The quantitative estimate of drug-likeness (QED) is 0.896. The number of hydrogen-bond donors (Lipinski definition) is 1. The number of nitrogens with zero attached hydrogens (tertiary/aromatic N) is 1. The molecule has 2 rings (SSSR count). The van der Waals surface area contributed by atoms with E-state index in [9.17, 15) is 4.79 Å². The SMILES string of the molecule is Cc1ccc(CN2CCCCC2CCC(=O)O)c(Cl)c1. The Morgan fingerprint density at radius 3 is 2.95 bits per heavy atom. The molecule has 1 atom stereocenters. The Kier molecular flexibility index (Phi) is 5.44. The summed E-state index contributed by atoms with van der Waals surface area (Å²) in [6, 6.07) is 6.53. The minimum absolute atomic E-state index is 0.253. The first-order valence-corrected chi connectivity index (χ1v) is 7.65. The predicted octanol–water partition coefficient (Wildman–Crippen LogP) is 3.87. The Labute approximate surface area is 125 Å². The summed E-state index contributed by atoms with van der Waals surface area (Å²) < 4.78 is 0. The molecule has 1 heterocycles. The molecule has 4 heteroatoms. The van der Waals surface area contributed by atoms with E-state index < -0.39 is 5.97 Å². The molecule has 0 amide bonds. The molecule has 1 unspecified atom stereocenters. The summed E-state index contributed by atoms with van der Waals surface area (Å²) >= 11 is 6.30. The molecule has 1 aromatic carbocycles. The molecule has 1 saturated heterocycles. The third kappa shape index (κ3) is 4.22. The highest BCUT2D eigenvalue weighted by Gasteiger charge is 2.23. The fourth-order valence-corrected chi connectivity index (χ4v) is 3.18. The second-order valence-electron chi connectivity index (χ2n) is 5.65. The van der Waals surface area contributed by atoms with Crippen LogP contribution in [0, 0.1) is 6.92 Å². The van der Waals surface area contributed by atoms with Crippen LogP contribution in [0.15, 0.2) is 18.2 Å². The highest BCUT2D eigenvalue weighted by atomic mass is 35.5. The zero-order valence-corrected chi connectivity index (χ0v) is 12.7. The maximum absolute atomic E-state index is 10.8. The molecule has 0 bridgehead atoms. The van der Waals surface area contributed by atoms with Crippen LogP contribution in [0.1, 0.15) is 43.2 Å². The van der Waals surface area contributed by atoms with E-state index in [0.717, 1.165) is 36.5 Å². The molecular weight excluding hydrogens is 274 g/mol. The van der Waals surface area contributed by atoms with Crippen LogP contribution in [0.4, 0.5) is 0 Å². The lowest BCUT2D eigenvalue weighted by Gasteiger charge is -2.35. The van der Waals surface area contributed by atoms with Gasteiger partial charge in [0.2, 0.25) is 0 Å². The summed E-state index contributed by atoms with van der Waals surface area (Å²) in [6.45, 7) is 3.89. The minimum Gasteiger partial charge on any atom is -0.481 e. The lowest BCUT2D eigenvalue weighted by atomic mass is 9.97. The van der Waals surface area contributed by atoms with E-state index >= 15 is 0 Å². The summed E-state index contributed by atoms with van der Waals surface area (Å²) in [5.74, 6) is -0.705. The van der Waals surface area contributed by atoms with Gasteiger partial charge in [0, 0.05) is 24.0 Å². The molecule has 1 aliphatic heterocycles. The number of halogens is 1. The Morgan fingerprint density at radius 2 is 2.25 bits per heavy atom. The van der Waals surface area contributed by atoms with Crippen molar-refractivity contribution in [3.63, 3.8) is 0 Å². The zero-order valence-electron chi connectivity index (χ0n) is 11.9. The van der Waals surface area contributed by atoms with Crippen molar-refractivity contribution in [2.45, 2.75) is 51.6 Å². The van der Waals surface area contributed by atoms with Gasteiger partial charge in [-0.25, -0.2) is 0 Å². The lowest BCUT2D eigenvalue weighted by molar-refractivity contribution is -0.137. The average molecular weight is 296 g/mol. The van der Waals surface area contributed by atoms with Gasteiger partial charge >= 0.3 is 5.97 Å². The lowest BCUT2D eigenvalue weighted by Crippen LogP contribution is -2.39. The number of aliphatic carboxylic acids is 1. The van der Waals surface area contributed by atoms with Crippen LogP contribution in [0.5, 0.6) is 0 Å². The third-order valence-electron chi connectivity index (χ3n) is 4.02. The van der Waals surface area contributed by atoms with Crippen LogP contribution in [0.2, 0.25) is 5.02 Å². The van der Waals surface area contributed by atoms with Crippen LogP contribution in [-0.4, -0.2) is 28.6 Å². The molecular formula is C16H22ClNO2. The highest BCUT2D eigenvalue weighted by molar-refractivity contribution is 6.31. The van der Waals surface area contributed by atoms with Crippen molar-refractivity contribution in [3.05, 3.63) is 34.3 Å². The summed E-state index contributed by atoms with van der Waals surface area (Å²) in [7, 11) is 0. The van der Waals surface area contributed by atoms with E-state index in [1.807, 2.05) is 13.0 Å². The van der Waals surface area contributed by atoms with Gasteiger partial charge in [0.05, 0.1) is 0 Å². The van der Waals surface area contributed by atoms with Gasteiger partial charge in [-0.05, 0) is 49.9 Å². The maximum Gasteiger partial charge on any atom is 0.303 e. The number of likely N-dealkylation sites (tertiary alicyclic amines) is 1. The number of carboxylic acid groups (broad SMARTS) is 1. The van der Waals surface area contributed by atoms with Gasteiger partial charge in [-0.1, -0.05) is 30.2 Å². The molecule has 1 aromatic rings. The van der Waals surface area contributed by atoms with Crippen molar-refractivity contribution < 1.29 is 9.90 Å². The van der Waals surface area contributed by atoms with Crippen LogP contribution >= 0.6 is 11.6 Å². The second-order valence-corrected chi connectivity index (χ2v) is 6.05. The Hall–Kier alpha value is -1.06. The highest BCUT2D eigenvalue weighted by Crippen LogP contribution is 2.26. The maximum atomic E-state index is 10.8. The molecule has 1 N–H and O–H groups in total.